The summed E-state index contributed by atoms with van der Waals surface area (Å²) in [7, 11) is 1.63. The van der Waals surface area contributed by atoms with Gasteiger partial charge in [-0.15, -0.1) is 0 Å². The second-order valence-electron chi connectivity index (χ2n) is 5.59. The fraction of sp³-hybridized carbons (Fsp3) is 0.368. The van der Waals surface area contributed by atoms with Crippen molar-refractivity contribution in [1.82, 2.24) is 5.32 Å². The molecule has 0 heterocycles. The predicted octanol–water partition coefficient (Wildman–Crippen LogP) is 1.72. The molecule has 2 rings (SSSR count). The van der Waals surface area contributed by atoms with Gasteiger partial charge in [-0.25, -0.2) is 0 Å². The lowest BCUT2D eigenvalue weighted by Crippen LogP contribution is -2.44. The highest BCUT2D eigenvalue weighted by atomic mass is 16.5. The van der Waals surface area contributed by atoms with E-state index in [0.29, 0.717) is 13.2 Å². The predicted molar refractivity (Wildman–Crippen MR) is 92.8 cm³/mol. The maximum atomic E-state index is 10.2. The van der Waals surface area contributed by atoms with Crippen LogP contribution in [0.2, 0.25) is 0 Å². The fourth-order valence-electron chi connectivity index (χ4n) is 2.30. The van der Waals surface area contributed by atoms with Crippen molar-refractivity contribution >= 4 is 0 Å². The second kappa shape index (κ2) is 10.1. The molecular weight excluding hydrogens is 306 g/mol. The molecule has 0 spiro atoms. The van der Waals surface area contributed by atoms with Crippen LogP contribution in [0.4, 0.5) is 0 Å². The van der Waals surface area contributed by atoms with Crippen molar-refractivity contribution in [2.24, 2.45) is 0 Å². The Morgan fingerprint density at radius 3 is 2.33 bits per heavy atom. The number of hydrogen-bond acceptors (Lipinski definition) is 5. The third-order valence-electron chi connectivity index (χ3n) is 3.79. The lowest BCUT2D eigenvalue weighted by molar-refractivity contribution is -0.00255. The van der Waals surface area contributed by atoms with E-state index in [1.54, 1.807) is 7.11 Å². The van der Waals surface area contributed by atoms with Crippen LogP contribution in [0.3, 0.4) is 0 Å². The number of hydrogen-bond donors (Lipinski definition) is 3. The lowest BCUT2D eigenvalue weighted by atomic mass is 10.1. The Hall–Kier alpha value is -1.92. The van der Waals surface area contributed by atoms with E-state index in [4.69, 9.17) is 9.47 Å². The number of aliphatic hydroxyl groups is 2. The molecule has 0 unspecified atom stereocenters. The van der Waals surface area contributed by atoms with E-state index in [0.717, 1.165) is 16.9 Å². The summed E-state index contributed by atoms with van der Waals surface area (Å²) in [6.45, 7) is 0.987. The summed E-state index contributed by atoms with van der Waals surface area (Å²) in [5.74, 6) is 0.798. The van der Waals surface area contributed by atoms with Gasteiger partial charge in [0.1, 0.15) is 5.75 Å². The van der Waals surface area contributed by atoms with Crippen LogP contribution >= 0.6 is 0 Å². The molecule has 2 atom stereocenters. The third kappa shape index (κ3) is 5.94. The molecule has 0 saturated carbocycles. The number of nitrogens with one attached hydrogen (secondary N) is 1. The van der Waals surface area contributed by atoms with Gasteiger partial charge in [0.05, 0.1) is 39.1 Å². The average molecular weight is 331 g/mol. The summed E-state index contributed by atoms with van der Waals surface area (Å²) in [6, 6.07) is 17.0. The van der Waals surface area contributed by atoms with Crippen LogP contribution in [0.25, 0.3) is 0 Å². The summed E-state index contributed by atoms with van der Waals surface area (Å²) in [5.41, 5.74) is 2.10. The zero-order valence-electron chi connectivity index (χ0n) is 13.9. The maximum absolute atomic E-state index is 10.2. The summed E-state index contributed by atoms with van der Waals surface area (Å²) < 4.78 is 10.6. The number of rotatable bonds is 10. The molecule has 24 heavy (non-hydrogen) atoms. The summed E-state index contributed by atoms with van der Waals surface area (Å²) >= 11 is 0. The number of methoxy groups -OCH3 is 1. The van der Waals surface area contributed by atoms with E-state index in [2.05, 4.69) is 5.32 Å². The first kappa shape index (κ1) is 18.4. The third-order valence-corrected chi connectivity index (χ3v) is 3.79. The van der Waals surface area contributed by atoms with Crippen LogP contribution in [-0.2, 0) is 17.9 Å². The molecule has 2 aromatic carbocycles. The van der Waals surface area contributed by atoms with Crippen molar-refractivity contribution in [3.05, 3.63) is 65.7 Å². The number of aliphatic hydroxyl groups excluding tert-OH is 2. The Balaban J connectivity index is 1.74. The van der Waals surface area contributed by atoms with E-state index in [1.807, 2.05) is 54.6 Å². The largest absolute Gasteiger partial charge is 0.497 e. The van der Waals surface area contributed by atoms with Crippen molar-refractivity contribution in [2.45, 2.75) is 25.3 Å². The van der Waals surface area contributed by atoms with E-state index >= 15 is 0 Å². The molecule has 130 valence electrons. The maximum Gasteiger partial charge on any atom is 0.118 e. The number of benzene rings is 2. The van der Waals surface area contributed by atoms with Crippen molar-refractivity contribution < 1.29 is 19.7 Å². The first-order chi connectivity index (χ1) is 11.7. The Morgan fingerprint density at radius 2 is 1.71 bits per heavy atom. The van der Waals surface area contributed by atoms with Gasteiger partial charge in [0.25, 0.3) is 0 Å². The quantitative estimate of drug-likeness (QED) is 0.618. The second-order valence-corrected chi connectivity index (χ2v) is 5.59. The van der Waals surface area contributed by atoms with E-state index in [-0.39, 0.29) is 13.2 Å². The van der Waals surface area contributed by atoms with Gasteiger partial charge in [-0.1, -0.05) is 42.5 Å². The van der Waals surface area contributed by atoms with Crippen LogP contribution in [0.1, 0.15) is 11.1 Å². The molecule has 0 aliphatic carbocycles. The topological polar surface area (TPSA) is 71.0 Å². The molecule has 0 saturated heterocycles. The Kier molecular flexibility index (Phi) is 7.71. The Bertz CT molecular complexity index is 574. The van der Waals surface area contributed by atoms with Crippen LogP contribution in [0.15, 0.2) is 54.6 Å². The highest BCUT2D eigenvalue weighted by molar-refractivity contribution is 5.27. The lowest BCUT2D eigenvalue weighted by Gasteiger charge is -2.22. The smallest absolute Gasteiger partial charge is 0.118 e. The Morgan fingerprint density at radius 1 is 1.00 bits per heavy atom. The van der Waals surface area contributed by atoms with Gasteiger partial charge in [-0.05, 0) is 23.3 Å². The monoisotopic (exact) mass is 331 g/mol. The van der Waals surface area contributed by atoms with Gasteiger partial charge in [-0.3, -0.25) is 0 Å². The number of ether oxygens (including phenoxy) is 2. The summed E-state index contributed by atoms with van der Waals surface area (Å²) in [6.07, 6.45) is -0.781. The molecule has 0 aromatic heterocycles. The van der Waals surface area contributed by atoms with Crippen LogP contribution in [0, 0.1) is 0 Å². The van der Waals surface area contributed by atoms with Crippen molar-refractivity contribution in [1.29, 1.82) is 0 Å². The zero-order chi connectivity index (χ0) is 17.2. The van der Waals surface area contributed by atoms with E-state index in [9.17, 15) is 10.2 Å². The minimum atomic E-state index is -0.781. The first-order valence-electron chi connectivity index (χ1n) is 8.00. The van der Waals surface area contributed by atoms with Gasteiger partial charge >= 0.3 is 0 Å². The summed E-state index contributed by atoms with van der Waals surface area (Å²) in [4.78, 5) is 0. The van der Waals surface area contributed by atoms with Gasteiger partial charge in [0, 0.05) is 6.54 Å². The van der Waals surface area contributed by atoms with Crippen molar-refractivity contribution in [3.8, 4) is 5.75 Å². The van der Waals surface area contributed by atoms with Gasteiger partial charge < -0.3 is 25.0 Å². The molecule has 3 N–H and O–H groups in total. The van der Waals surface area contributed by atoms with E-state index in [1.165, 1.54) is 0 Å². The molecule has 0 bridgehead atoms. The molecule has 0 aliphatic rings. The molecule has 5 nitrogen and oxygen atoms in total. The van der Waals surface area contributed by atoms with Crippen molar-refractivity contribution in [3.63, 3.8) is 0 Å². The molecule has 0 radical (unpaired) electrons. The average Bonchev–Trinajstić information content (AvgIpc) is 2.63. The molecule has 2 aromatic rings. The normalized spacial score (nSPS) is 13.5. The molecule has 0 aliphatic heterocycles. The molecule has 0 fully saturated rings. The molecule has 5 heteroatoms. The van der Waals surface area contributed by atoms with Gasteiger partial charge in [0.15, 0.2) is 0 Å². The minimum absolute atomic E-state index is 0.161. The zero-order valence-corrected chi connectivity index (χ0v) is 13.9. The molecular formula is C19H25NO4. The first-order valence-corrected chi connectivity index (χ1v) is 8.00. The van der Waals surface area contributed by atoms with Crippen LogP contribution < -0.4 is 10.1 Å². The fourth-order valence-corrected chi connectivity index (χ4v) is 2.30. The van der Waals surface area contributed by atoms with Crippen LogP contribution in [-0.4, -0.2) is 42.7 Å². The molecule has 0 amide bonds. The Labute approximate surface area is 142 Å². The van der Waals surface area contributed by atoms with E-state index < -0.39 is 12.1 Å². The highest BCUT2D eigenvalue weighted by Gasteiger charge is 2.18. The standard InChI is InChI=1S/C19H25NO4/c1-23-17-9-7-15(8-10-17)11-20-18(12-21)19(22)14-24-13-16-5-3-2-4-6-16/h2-10,18-22H,11-14H2,1H3/t18-,19+/m1/s1. The van der Waals surface area contributed by atoms with Crippen molar-refractivity contribution in [2.75, 3.05) is 20.3 Å². The summed E-state index contributed by atoms with van der Waals surface area (Å²) in [5, 5.41) is 22.8. The van der Waals surface area contributed by atoms with Gasteiger partial charge in [0.2, 0.25) is 0 Å². The van der Waals surface area contributed by atoms with Gasteiger partial charge in [-0.2, -0.15) is 0 Å². The SMILES string of the molecule is COc1ccc(CN[C@H](CO)[C@@H](O)COCc2ccccc2)cc1. The highest BCUT2D eigenvalue weighted by Crippen LogP contribution is 2.11. The minimum Gasteiger partial charge on any atom is -0.497 e. The van der Waals surface area contributed by atoms with Crippen LogP contribution in [0.5, 0.6) is 5.75 Å².